The van der Waals surface area contributed by atoms with Gasteiger partial charge in [-0.2, -0.15) is 0 Å². The van der Waals surface area contributed by atoms with Crippen LogP contribution in [0.1, 0.15) is 56.9 Å². The number of rotatable bonds is 12. The molecule has 0 atom stereocenters. The SMILES string of the molecule is C.C.C.C.CCOCC(CC)(CO)CO.CCOCC(CO)(CO)CO. The van der Waals surface area contributed by atoms with Crippen molar-refractivity contribution in [2.75, 3.05) is 59.5 Å². The fraction of sp³-hybridized carbons (Fsp3) is 1.00. The molecule has 0 aromatic rings. The van der Waals surface area contributed by atoms with Crippen molar-refractivity contribution in [2.45, 2.75) is 56.9 Å². The Balaban J connectivity index is -0.0000000667. The van der Waals surface area contributed by atoms with E-state index in [0.717, 1.165) is 6.42 Å². The first kappa shape index (κ1) is 40.4. The Morgan fingerprint density at radius 1 is 0.538 bits per heavy atom. The third-order valence-corrected chi connectivity index (χ3v) is 3.65. The molecule has 0 aromatic heterocycles. The average molecular weight is 391 g/mol. The van der Waals surface area contributed by atoms with Gasteiger partial charge in [0, 0.05) is 18.6 Å². The molecule has 0 saturated carbocycles. The Hall–Kier alpha value is -0.280. The number of ether oxygens (including phenoxy) is 2. The summed E-state index contributed by atoms with van der Waals surface area (Å²) in [6.07, 6.45) is 0.736. The van der Waals surface area contributed by atoms with Gasteiger partial charge in [0.05, 0.1) is 51.7 Å². The minimum absolute atomic E-state index is 0. The van der Waals surface area contributed by atoms with E-state index in [0.29, 0.717) is 19.8 Å². The van der Waals surface area contributed by atoms with Gasteiger partial charge in [-0.15, -0.1) is 0 Å². The standard InChI is InChI=1S/C8H18O3.C7H16O4.4CH4/c1-3-8(5-9,6-10)7-11-4-2;1-2-11-6-7(3-8,4-9)5-10;;;;/h9-10H,3-7H2,1-2H3;8-10H,2-6H2,1H3;4*1H4. The van der Waals surface area contributed by atoms with E-state index in [-0.39, 0.29) is 69.3 Å². The molecule has 7 heteroatoms. The van der Waals surface area contributed by atoms with Gasteiger partial charge in [0.2, 0.25) is 0 Å². The summed E-state index contributed by atoms with van der Waals surface area (Å²) in [5, 5.41) is 44.3. The molecular weight excluding hydrogens is 340 g/mol. The van der Waals surface area contributed by atoms with Crippen LogP contribution in [0.2, 0.25) is 0 Å². The van der Waals surface area contributed by atoms with Crippen LogP contribution in [0, 0.1) is 10.8 Å². The smallest absolute Gasteiger partial charge is 0.0629 e. The lowest BCUT2D eigenvalue weighted by Crippen LogP contribution is -2.38. The van der Waals surface area contributed by atoms with Crippen molar-refractivity contribution in [1.29, 1.82) is 0 Å². The fourth-order valence-corrected chi connectivity index (χ4v) is 1.39. The van der Waals surface area contributed by atoms with E-state index < -0.39 is 10.8 Å². The quantitative estimate of drug-likeness (QED) is 0.345. The number of hydrogen-bond donors (Lipinski definition) is 5. The summed E-state index contributed by atoms with van der Waals surface area (Å²) in [4.78, 5) is 0. The molecule has 0 spiro atoms. The molecule has 0 rings (SSSR count). The van der Waals surface area contributed by atoms with Crippen molar-refractivity contribution >= 4 is 0 Å². The fourth-order valence-electron chi connectivity index (χ4n) is 1.39. The van der Waals surface area contributed by atoms with Crippen molar-refractivity contribution in [3.63, 3.8) is 0 Å². The number of aliphatic hydroxyl groups is 5. The molecule has 7 nitrogen and oxygen atoms in total. The van der Waals surface area contributed by atoms with Gasteiger partial charge in [-0.25, -0.2) is 0 Å². The molecule has 0 aliphatic carbocycles. The van der Waals surface area contributed by atoms with Gasteiger partial charge >= 0.3 is 0 Å². The van der Waals surface area contributed by atoms with Crippen molar-refractivity contribution in [2.24, 2.45) is 10.8 Å². The van der Waals surface area contributed by atoms with Crippen molar-refractivity contribution in [1.82, 2.24) is 0 Å². The maximum Gasteiger partial charge on any atom is 0.0629 e. The van der Waals surface area contributed by atoms with E-state index in [1.807, 2.05) is 20.8 Å². The molecule has 0 radical (unpaired) electrons. The molecule has 0 fully saturated rings. The topological polar surface area (TPSA) is 120 Å². The summed E-state index contributed by atoms with van der Waals surface area (Å²) in [5.41, 5.74) is -1.31. The first-order chi connectivity index (χ1) is 10.5. The first-order valence-electron chi connectivity index (χ1n) is 7.69. The predicted octanol–water partition coefficient (Wildman–Crippen LogP) is 1.93. The third-order valence-electron chi connectivity index (χ3n) is 3.65. The number of hydrogen-bond acceptors (Lipinski definition) is 7. The number of aliphatic hydroxyl groups excluding tert-OH is 5. The highest BCUT2D eigenvalue weighted by atomic mass is 16.5. The summed E-state index contributed by atoms with van der Waals surface area (Å²) in [7, 11) is 0. The highest BCUT2D eigenvalue weighted by Crippen LogP contribution is 2.20. The van der Waals surface area contributed by atoms with Crippen LogP contribution in [0.3, 0.4) is 0 Å². The molecule has 0 aromatic carbocycles. The Bertz CT molecular complexity index is 189. The Morgan fingerprint density at radius 3 is 1.00 bits per heavy atom. The molecule has 0 heterocycles. The molecule has 0 amide bonds. The zero-order valence-electron chi connectivity index (χ0n) is 14.1. The zero-order valence-corrected chi connectivity index (χ0v) is 14.1. The molecule has 0 saturated heterocycles. The van der Waals surface area contributed by atoms with Gasteiger partial charge in [-0.1, -0.05) is 36.6 Å². The normalized spacial score (nSPS) is 10.2. The lowest BCUT2D eigenvalue weighted by molar-refractivity contribution is -0.0552. The van der Waals surface area contributed by atoms with Gasteiger partial charge in [-0.3, -0.25) is 0 Å². The largest absolute Gasteiger partial charge is 0.396 e. The van der Waals surface area contributed by atoms with Crippen molar-refractivity contribution in [3.8, 4) is 0 Å². The molecule has 5 N–H and O–H groups in total. The molecule has 0 aliphatic heterocycles. The molecule has 0 aliphatic rings. The summed E-state index contributed by atoms with van der Waals surface area (Å²) < 4.78 is 10.1. The van der Waals surface area contributed by atoms with Crippen LogP contribution < -0.4 is 0 Å². The molecule has 168 valence electrons. The first-order valence-corrected chi connectivity index (χ1v) is 7.69. The van der Waals surface area contributed by atoms with Crippen LogP contribution in [0.15, 0.2) is 0 Å². The Labute approximate surface area is 163 Å². The van der Waals surface area contributed by atoms with E-state index in [1.165, 1.54) is 0 Å². The van der Waals surface area contributed by atoms with Crippen molar-refractivity contribution in [3.05, 3.63) is 0 Å². The van der Waals surface area contributed by atoms with Gasteiger partial charge in [0.25, 0.3) is 0 Å². The van der Waals surface area contributed by atoms with Gasteiger partial charge in [0.1, 0.15) is 0 Å². The Kier molecular flexibility index (Phi) is 38.4. The van der Waals surface area contributed by atoms with Gasteiger partial charge in [0.15, 0.2) is 0 Å². The van der Waals surface area contributed by atoms with Crippen LogP contribution in [-0.4, -0.2) is 85.0 Å². The minimum Gasteiger partial charge on any atom is -0.396 e. The van der Waals surface area contributed by atoms with Crippen molar-refractivity contribution < 1.29 is 35.0 Å². The van der Waals surface area contributed by atoms with Gasteiger partial charge in [-0.05, 0) is 20.3 Å². The summed E-state index contributed by atoms with van der Waals surface area (Å²) in [6.45, 7) is 6.60. The minimum atomic E-state index is -0.879. The molecular formula is C19H50O7. The lowest BCUT2D eigenvalue weighted by Gasteiger charge is -2.27. The van der Waals surface area contributed by atoms with E-state index in [1.54, 1.807) is 0 Å². The molecule has 0 unspecified atom stereocenters. The van der Waals surface area contributed by atoms with Crippen LogP contribution in [0.5, 0.6) is 0 Å². The van der Waals surface area contributed by atoms with Crippen LogP contribution in [0.25, 0.3) is 0 Å². The van der Waals surface area contributed by atoms with Gasteiger partial charge < -0.3 is 35.0 Å². The Morgan fingerprint density at radius 2 is 0.808 bits per heavy atom. The molecule has 0 bridgehead atoms. The summed E-state index contributed by atoms with van der Waals surface area (Å²) >= 11 is 0. The van der Waals surface area contributed by atoms with Crippen LogP contribution >= 0.6 is 0 Å². The summed E-state index contributed by atoms with van der Waals surface area (Å²) in [6, 6.07) is 0. The zero-order chi connectivity index (χ0) is 17.5. The second-order valence-electron chi connectivity index (χ2n) is 5.42. The monoisotopic (exact) mass is 390 g/mol. The highest BCUT2D eigenvalue weighted by Gasteiger charge is 2.28. The maximum atomic E-state index is 8.96. The van der Waals surface area contributed by atoms with E-state index in [9.17, 15) is 0 Å². The summed E-state index contributed by atoms with van der Waals surface area (Å²) in [5.74, 6) is 0. The second-order valence-corrected chi connectivity index (χ2v) is 5.42. The predicted molar refractivity (Wildman–Crippen MR) is 110 cm³/mol. The average Bonchev–Trinajstić information content (AvgIpc) is 2.59. The third kappa shape index (κ3) is 15.9. The molecule has 26 heavy (non-hydrogen) atoms. The van der Waals surface area contributed by atoms with E-state index in [4.69, 9.17) is 35.0 Å². The maximum absolute atomic E-state index is 8.96. The van der Waals surface area contributed by atoms with Crippen LogP contribution in [0.4, 0.5) is 0 Å². The van der Waals surface area contributed by atoms with E-state index in [2.05, 4.69) is 0 Å². The van der Waals surface area contributed by atoms with Crippen LogP contribution in [-0.2, 0) is 9.47 Å². The highest BCUT2D eigenvalue weighted by molar-refractivity contribution is 4.76. The van der Waals surface area contributed by atoms with E-state index >= 15 is 0 Å². The lowest BCUT2D eigenvalue weighted by atomic mass is 9.88. The second kappa shape index (κ2) is 24.7.